The zero-order valence-corrected chi connectivity index (χ0v) is 15.5. The lowest BCUT2D eigenvalue weighted by atomic mass is 10.0. The first-order valence-electron chi connectivity index (χ1n) is 8.19. The Morgan fingerprint density at radius 3 is 2.12 bits per heavy atom. The fraction of sp³-hybridized carbons (Fsp3) is 0.316. The molecule has 0 unspecified atom stereocenters. The van der Waals surface area contributed by atoms with Gasteiger partial charge in [0.15, 0.2) is 9.84 Å². The lowest BCUT2D eigenvalue weighted by molar-refractivity contribution is 0.0935. The molecule has 6 heteroatoms. The van der Waals surface area contributed by atoms with Crippen LogP contribution in [0.25, 0.3) is 0 Å². The Balaban J connectivity index is 2.11. The number of hydrogen-bond acceptors (Lipinski definition) is 4. The Morgan fingerprint density at radius 2 is 1.64 bits per heavy atom. The molecule has 2 rings (SSSR count). The lowest BCUT2D eigenvalue weighted by Crippen LogP contribution is -2.28. The summed E-state index contributed by atoms with van der Waals surface area (Å²) in [5.74, 6) is 0.546. The number of benzene rings is 2. The Bertz CT molecular complexity index is 812. The van der Waals surface area contributed by atoms with E-state index in [9.17, 15) is 13.2 Å². The van der Waals surface area contributed by atoms with E-state index in [2.05, 4.69) is 5.32 Å². The second-order valence-corrected chi connectivity index (χ2v) is 7.75. The van der Waals surface area contributed by atoms with E-state index in [0.717, 1.165) is 11.3 Å². The average molecular weight is 361 g/mol. The fourth-order valence-electron chi connectivity index (χ4n) is 2.48. The summed E-state index contributed by atoms with van der Waals surface area (Å²) in [4.78, 5) is 12.7. The van der Waals surface area contributed by atoms with Gasteiger partial charge in [-0.05, 0) is 55.3 Å². The molecule has 1 amide bonds. The van der Waals surface area contributed by atoms with Crippen LogP contribution in [0.4, 0.5) is 0 Å². The molecule has 0 fully saturated rings. The van der Waals surface area contributed by atoms with E-state index in [4.69, 9.17) is 4.74 Å². The van der Waals surface area contributed by atoms with E-state index in [1.807, 2.05) is 13.8 Å². The van der Waals surface area contributed by atoms with Crippen molar-refractivity contribution >= 4 is 15.7 Å². The minimum atomic E-state index is -3.23. The maximum Gasteiger partial charge on any atom is 0.251 e. The number of carbonyl (C=O) groups excluding carboxylic acids is 1. The number of ether oxygens (including phenoxy) is 1. The monoisotopic (exact) mass is 361 g/mol. The highest BCUT2D eigenvalue weighted by molar-refractivity contribution is 7.90. The number of amides is 1. The van der Waals surface area contributed by atoms with Gasteiger partial charge in [-0.1, -0.05) is 19.1 Å². The maximum atomic E-state index is 12.4. The van der Waals surface area contributed by atoms with Gasteiger partial charge in [-0.2, -0.15) is 0 Å². The SMILES string of the molecule is CCOc1ccc(C(=O)N[C@@H](CC)c2ccc(S(C)(=O)=O)cc2)cc1. The largest absolute Gasteiger partial charge is 0.494 e. The highest BCUT2D eigenvalue weighted by Gasteiger charge is 2.15. The van der Waals surface area contributed by atoms with Gasteiger partial charge in [-0.3, -0.25) is 4.79 Å². The van der Waals surface area contributed by atoms with Crippen LogP contribution in [0, 0.1) is 0 Å². The van der Waals surface area contributed by atoms with E-state index in [1.165, 1.54) is 6.26 Å². The Morgan fingerprint density at radius 1 is 1.04 bits per heavy atom. The molecule has 5 nitrogen and oxygen atoms in total. The van der Waals surface area contributed by atoms with Gasteiger partial charge < -0.3 is 10.1 Å². The number of carbonyl (C=O) groups is 1. The third-order valence-corrected chi connectivity index (χ3v) is 4.98. The summed E-state index contributed by atoms with van der Waals surface area (Å²) in [5, 5.41) is 2.98. The third-order valence-electron chi connectivity index (χ3n) is 3.85. The van der Waals surface area contributed by atoms with Crippen molar-refractivity contribution in [3.05, 3.63) is 59.7 Å². The average Bonchev–Trinajstić information content (AvgIpc) is 2.60. The van der Waals surface area contributed by atoms with Crippen molar-refractivity contribution in [2.24, 2.45) is 0 Å². The zero-order valence-electron chi connectivity index (χ0n) is 14.7. The van der Waals surface area contributed by atoms with Gasteiger partial charge in [0.25, 0.3) is 5.91 Å². The van der Waals surface area contributed by atoms with Crippen LogP contribution in [0.3, 0.4) is 0 Å². The second kappa shape index (κ2) is 8.16. The normalized spacial score (nSPS) is 12.4. The second-order valence-electron chi connectivity index (χ2n) is 5.73. The van der Waals surface area contributed by atoms with Crippen molar-refractivity contribution in [2.75, 3.05) is 12.9 Å². The van der Waals surface area contributed by atoms with Crippen LogP contribution in [0.5, 0.6) is 5.75 Å². The van der Waals surface area contributed by atoms with E-state index in [0.29, 0.717) is 18.6 Å². The molecule has 0 aliphatic rings. The Labute approximate surface area is 148 Å². The van der Waals surface area contributed by atoms with Crippen LogP contribution < -0.4 is 10.1 Å². The van der Waals surface area contributed by atoms with Crippen molar-refractivity contribution in [2.45, 2.75) is 31.2 Å². The molecule has 0 aliphatic heterocycles. The molecular weight excluding hydrogens is 338 g/mol. The van der Waals surface area contributed by atoms with E-state index in [-0.39, 0.29) is 16.8 Å². The first-order chi connectivity index (χ1) is 11.8. The van der Waals surface area contributed by atoms with Gasteiger partial charge in [0, 0.05) is 11.8 Å². The van der Waals surface area contributed by atoms with Crippen molar-refractivity contribution in [1.29, 1.82) is 0 Å². The standard InChI is InChI=1S/C19H23NO4S/c1-4-18(14-8-12-17(13-9-14)25(3,22)23)20-19(21)15-6-10-16(11-7-15)24-5-2/h6-13,18H,4-5H2,1-3H3,(H,20,21)/t18-/m0/s1. The highest BCUT2D eigenvalue weighted by Crippen LogP contribution is 2.20. The Hall–Kier alpha value is -2.34. The zero-order chi connectivity index (χ0) is 18.4. The van der Waals surface area contributed by atoms with Crippen molar-refractivity contribution in [3.63, 3.8) is 0 Å². The van der Waals surface area contributed by atoms with Crippen LogP contribution >= 0.6 is 0 Å². The molecule has 0 spiro atoms. The molecule has 0 bridgehead atoms. The number of hydrogen-bond donors (Lipinski definition) is 1. The minimum absolute atomic E-state index is 0.179. The minimum Gasteiger partial charge on any atom is -0.494 e. The molecule has 0 heterocycles. The van der Waals surface area contributed by atoms with Gasteiger partial charge in [-0.15, -0.1) is 0 Å². The predicted molar refractivity (Wildman–Crippen MR) is 97.7 cm³/mol. The van der Waals surface area contributed by atoms with E-state index in [1.54, 1.807) is 48.5 Å². The number of nitrogens with one attached hydrogen (secondary N) is 1. The van der Waals surface area contributed by atoms with Gasteiger partial charge in [0.2, 0.25) is 0 Å². The topological polar surface area (TPSA) is 72.5 Å². The van der Waals surface area contributed by atoms with Crippen LogP contribution in [0.15, 0.2) is 53.4 Å². The Kier molecular flexibility index (Phi) is 6.20. The first-order valence-corrected chi connectivity index (χ1v) is 10.1. The summed E-state index contributed by atoms with van der Waals surface area (Å²) >= 11 is 0. The van der Waals surface area contributed by atoms with Crippen LogP contribution in [0.2, 0.25) is 0 Å². The quantitative estimate of drug-likeness (QED) is 0.821. The summed E-state index contributed by atoms with van der Waals surface area (Å²) in [6.45, 7) is 4.45. The molecule has 0 aromatic heterocycles. The summed E-state index contributed by atoms with van der Waals surface area (Å²) in [6.07, 6.45) is 1.87. The molecule has 2 aromatic rings. The smallest absolute Gasteiger partial charge is 0.251 e. The van der Waals surface area contributed by atoms with Crippen molar-refractivity contribution in [1.82, 2.24) is 5.32 Å². The molecule has 0 radical (unpaired) electrons. The van der Waals surface area contributed by atoms with Crippen LogP contribution in [-0.2, 0) is 9.84 Å². The van der Waals surface area contributed by atoms with E-state index >= 15 is 0 Å². The fourth-order valence-corrected chi connectivity index (χ4v) is 3.11. The lowest BCUT2D eigenvalue weighted by Gasteiger charge is -2.18. The molecule has 1 atom stereocenters. The van der Waals surface area contributed by atoms with Gasteiger partial charge >= 0.3 is 0 Å². The molecule has 1 N–H and O–H groups in total. The van der Waals surface area contributed by atoms with E-state index < -0.39 is 9.84 Å². The maximum absolute atomic E-state index is 12.4. The van der Waals surface area contributed by atoms with Gasteiger partial charge in [-0.25, -0.2) is 8.42 Å². The molecule has 25 heavy (non-hydrogen) atoms. The summed E-state index contributed by atoms with van der Waals surface area (Å²) in [7, 11) is -3.23. The third kappa shape index (κ3) is 5.06. The first kappa shape index (κ1) is 19.0. The molecule has 0 aliphatic carbocycles. The van der Waals surface area contributed by atoms with Crippen molar-refractivity contribution < 1.29 is 17.9 Å². The molecule has 2 aromatic carbocycles. The van der Waals surface area contributed by atoms with Crippen molar-refractivity contribution in [3.8, 4) is 5.75 Å². The van der Waals surface area contributed by atoms with Crippen LogP contribution in [-0.4, -0.2) is 27.2 Å². The van der Waals surface area contributed by atoms with Gasteiger partial charge in [0.05, 0.1) is 17.5 Å². The predicted octanol–water partition coefficient (Wildman–Crippen LogP) is 3.37. The molecule has 0 saturated carbocycles. The molecule has 0 saturated heterocycles. The summed E-state index contributed by atoms with van der Waals surface area (Å²) < 4.78 is 28.5. The summed E-state index contributed by atoms with van der Waals surface area (Å²) in [5.41, 5.74) is 1.42. The number of sulfone groups is 1. The number of rotatable bonds is 7. The highest BCUT2D eigenvalue weighted by atomic mass is 32.2. The van der Waals surface area contributed by atoms with Crippen LogP contribution in [0.1, 0.15) is 42.2 Å². The van der Waals surface area contributed by atoms with Gasteiger partial charge in [0.1, 0.15) is 5.75 Å². The molecular formula is C19H23NO4S. The summed E-state index contributed by atoms with van der Waals surface area (Å²) in [6, 6.07) is 13.4. The molecule has 134 valence electrons.